The van der Waals surface area contributed by atoms with Crippen LogP contribution in [0.4, 0.5) is 4.79 Å². The molecule has 5 fully saturated rings. The largest absolute Gasteiger partial charge is 0.381 e. The average molecular weight is 541 g/mol. The van der Waals surface area contributed by atoms with Crippen molar-refractivity contribution in [2.24, 2.45) is 0 Å². The van der Waals surface area contributed by atoms with Gasteiger partial charge in [0.1, 0.15) is 0 Å². The number of piperidine rings is 1. The molecule has 11 heteroatoms. The Morgan fingerprint density at radius 2 is 1.11 bits per heavy atom. The van der Waals surface area contributed by atoms with Crippen LogP contribution in [0.2, 0.25) is 0 Å². The number of hydrogen-bond acceptors (Lipinski definition) is 9. The van der Waals surface area contributed by atoms with E-state index in [1.165, 1.54) is 5.06 Å². The lowest BCUT2D eigenvalue weighted by Gasteiger charge is -2.59. The van der Waals surface area contributed by atoms with Crippen LogP contribution in [-0.4, -0.2) is 115 Å². The van der Waals surface area contributed by atoms with Crippen molar-refractivity contribution in [1.82, 2.24) is 20.8 Å². The van der Waals surface area contributed by atoms with Crippen molar-refractivity contribution in [1.29, 1.82) is 0 Å². The zero-order chi connectivity index (χ0) is 26.5. The molecule has 5 heterocycles. The quantitative estimate of drug-likeness (QED) is 0.418. The van der Waals surface area contributed by atoms with Gasteiger partial charge in [-0.3, -0.25) is 0 Å². The van der Waals surface area contributed by atoms with E-state index in [1.807, 2.05) is 0 Å². The number of nitrogens with one attached hydrogen (secondary N) is 2. The van der Waals surface area contributed by atoms with E-state index in [4.69, 9.17) is 18.9 Å². The molecule has 1 unspecified atom stereocenters. The van der Waals surface area contributed by atoms with Crippen molar-refractivity contribution in [3.8, 4) is 0 Å². The minimum atomic E-state index is -0.426. The van der Waals surface area contributed by atoms with Gasteiger partial charge in [0.2, 0.25) is 0 Å². The monoisotopic (exact) mass is 540 g/mol. The van der Waals surface area contributed by atoms with E-state index in [-0.39, 0.29) is 29.2 Å². The Kier molecular flexibility index (Phi) is 9.47. The summed E-state index contributed by atoms with van der Waals surface area (Å²) in [5, 5.41) is 32.3. The van der Waals surface area contributed by atoms with Crippen LogP contribution < -0.4 is 10.6 Å². The number of hydroxylamine groups is 4. The first kappa shape index (κ1) is 28.5. The third kappa shape index (κ3) is 6.30. The van der Waals surface area contributed by atoms with Gasteiger partial charge in [0, 0.05) is 64.9 Å². The number of nitrogens with zero attached hydrogens (tertiary/aromatic N) is 2. The second-order valence-electron chi connectivity index (χ2n) is 12.2. The van der Waals surface area contributed by atoms with Gasteiger partial charge in [-0.15, -0.1) is 0 Å². The van der Waals surface area contributed by atoms with Gasteiger partial charge in [-0.05, 0) is 77.0 Å². The number of urea groups is 1. The fraction of sp³-hybridized carbons (Fsp3) is 0.963. The first-order valence-electron chi connectivity index (χ1n) is 14.8. The molecule has 5 saturated heterocycles. The van der Waals surface area contributed by atoms with Crippen LogP contribution in [0.25, 0.3) is 0 Å². The van der Waals surface area contributed by atoms with E-state index >= 15 is 0 Å². The average Bonchev–Trinajstić information content (AvgIpc) is 2.95. The van der Waals surface area contributed by atoms with Crippen LogP contribution in [0.1, 0.15) is 77.0 Å². The van der Waals surface area contributed by atoms with Gasteiger partial charge >= 0.3 is 6.03 Å². The summed E-state index contributed by atoms with van der Waals surface area (Å²) in [4.78, 5) is 13.5. The molecule has 5 aliphatic rings. The zero-order valence-corrected chi connectivity index (χ0v) is 22.8. The molecule has 4 N–H and O–H groups in total. The molecule has 5 aliphatic heterocycles. The van der Waals surface area contributed by atoms with Crippen LogP contribution in [0.15, 0.2) is 0 Å². The van der Waals surface area contributed by atoms with E-state index < -0.39 is 5.54 Å². The maximum absolute atomic E-state index is 13.5. The number of rotatable bonds is 2. The molecule has 11 nitrogen and oxygen atoms in total. The van der Waals surface area contributed by atoms with Gasteiger partial charge in [-0.2, -0.15) is 10.1 Å². The van der Waals surface area contributed by atoms with Crippen molar-refractivity contribution in [3.63, 3.8) is 0 Å². The highest BCUT2D eigenvalue weighted by atomic mass is 16.5. The SMILES string of the molecule is O=C(NC1CCCCOCCN(O)C2(CCOCC2)C1)NC1CC2(CCOCC2)N(O)C2(CCOCC2)C1. The molecule has 2 amide bonds. The third-order valence-electron chi connectivity index (χ3n) is 9.80. The van der Waals surface area contributed by atoms with Gasteiger partial charge in [0.05, 0.1) is 23.2 Å². The number of hydrogen-bond donors (Lipinski definition) is 4. The lowest BCUT2D eigenvalue weighted by molar-refractivity contribution is -0.294. The maximum Gasteiger partial charge on any atom is 0.315 e. The second kappa shape index (κ2) is 12.6. The minimum absolute atomic E-state index is 0.0443. The highest BCUT2D eigenvalue weighted by Gasteiger charge is 2.55. The van der Waals surface area contributed by atoms with E-state index in [1.54, 1.807) is 5.06 Å². The summed E-state index contributed by atoms with van der Waals surface area (Å²) in [6, 6.07) is -0.265. The van der Waals surface area contributed by atoms with E-state index in [9.17, 15) is 15.2 Å². The summed E-state index contributed by atoms with van der Waals surface area (Å²) in [6.07, 6.45) is 9.31. The molecule has 0 bridgehead atoms. The van der Waals surface area contributed by atoms with Crippen LogP contribution in [0.5, 0.6) is 0 Å². The van der Waals surface area contributed by atoms with Crippen molar-refractivity contribution >= 4 is 6.03 Å². The van der Waals surface area contributed by atoms with Gasteiger partial charge < -0.3 is 40.0 Å². The van der Waals surface area contributed by atoms with Crippen LogP contribution in [-0.2, 0) is 18.9 Å². The Balaban J connectivity index is 1.28. The fourth-order valence-electron chi connectivity index (χ4n) is 7.60. The first-order valence-corrected chi connectivity index (χ1v) is 14.8. The van der Waals surface area contributed by atoms with E-state index in [2.05, 4.69) is 10.6 Å². The van der Waals surface area contributed by atoms with Crippen LogP contribution >= 0.6 is 0 Å². The Hall–Kier alpha value is -1.05. The molecular weight excluding hydrogens is 492 g/mol. The summed E-state index contributed by atoms with van der Waals surface area (Å²) in [6.45, 7) is 5.32. The van der Waals surface area contributed by atoms with Crippen molar-refractivity contribution < 1.29 is 34.2 Å². The highest BCUT2D eigenvalue weighted by Crippen LogP contribution is 2.47. The summed E-state index contributed by atoms with van der Waals surface area (Å²) in [7, 11) is 0. The highest BCUT2D eigenvalue weighted by molar-refractivity contribution is 5.74. The molecule has 1 atom stereocenters. The number of carbonyl (C=O) groups is 1. The molecule has 218 valence electrons. The Morgan fingerprint density at radius 3 is 1.68 bits per heavy atom. The molecule has 0 aromatic carbocycles. The minimum Gasteiger partial charge on any atom is -0.381 e. The fourth-order valence-corrected chi connectivity index (χ4v) is 7.60. The van der Waals surface area contributed by atoms with Crippen molar-refractivity contribution in [2.45, 2.75) is 106 Å². The summed E-state index contributed by atoms with van der Waals surface area (Å²) < 4.78 is 22.6. The molecule has 0 saturated carbocycles. The predicted octanol–water partition coefficient (Wildman–Crippen LogP) is 2.44. The molecule has 0 aromatic rings. The van der Waals surface area contributed by atoms with Gasteiger partial charge in [0.25, 0.3) is 0 Å². The lowest BCUT2D eigenvalue weighted by Crippen LogP contribution is -2.70. The number of ether oxygens (including phenoxy) is 4. The van der Waals surface area contributed by atoms with E-state index in [0.717, 1.165) is 57.8 Å². The smallest absolute Gasteiger partial charge is 0.315 e. The summed E-state index contributed by atoms with van der Waals surface area (Å²) >= 11 is 0. The zero-order valence-electron chi connectivity index (χ0n) is 22.8. The van der Waals surface area contributed by atoms with Crippen LogP contribution in [0, 0.1) is 0 Å². The molecule has 5 rings (SSSR count). The Morgan fingerprint density at radius 1 is 0.632 bits per heavy atom. The number of amides is 2. The van der Waals surface area contributed by atoms with Crippen molar-refractivity contribution in [2.75, 3.05) is 59.4 Å². The molecule has 0 aromatic heterocycles. The van der Waals surface area contributed by atoms with Crippen molar-refractivity contribution in [3.05, 3.63) is 0 Å². The van der Waals surface area contributed by atoms with Gasteiger partial charge in [0.15, 0.2) is 0 Å². The van der Waals surface area contributed by atoms with E-state index in [0.29, 0.717) is 78.7 Å². The number of carbonyl (C=O) groups excluding carboxylic acids is 1. The third-order valence-corrected chi connectivity index (χ3v) is 9.80. The maximum atomic E-state index is 13.5. The Labute approximate surface area is 226 Å². The summed E-state index contributed by atoms with van der Waals surface area (Å²) in [5.41, 5.74) is -1.20. The first-order chi connectivity index (χ1) is 18.5. The molecular formula is C27H48N4O7. The molecule has 0 radical (unpaired) electrons. The summed E-state index contributed by atoms with van der Waals surface area (Å²) in [5.74, 6) is 0. The van der Waals surface area contributed by atoms with Crippen LogP contribution in [0.3, 0.4) is 0 Å². The molecule has 0 aliphatic carbocycles. The molecule has 3 spiro atoms. The Bertz CT molecular complexity index is 741. The second-order valence-corrected chi connectivity index (χ2v) is 12.2. The van der Waals surface area contributed by atoms with Gasteiger partial charge in [-0.25, -0.2) is 4.79 Å². The topological polar surface area (TPSA) is 125 Å². The van der Waals surface area contributed by atoms with Gasteiger partial charge in [-0.1, -0.05) is 0 Å². The molecule has 38 heavy (non-hydrogen) atoms. The predicted molar refractivity (Wildman–Crippen MR) is 138 cm³/mol. The normalized spacial score (nSPS) is 33.0. The lowest BCUT2D eigenvalue weighted by atomic mass is 9.69. The standard InChI is InChI=1S/C27H48N4O7/c32-24(28-22-3-1-2-11-35-18-10-30(33)25(19-22)4-12-36-13-5-25)29-23-20-26(6-14-37-15-7-26)31(34)27(21-23)8-16-38-17-9-27/h22-23,33-34H,1-21H2,(H2,28,29,32).